The van der Waals surface area contributed by atoms with Gasteiger partial charge in [-0.1, -0.05) is 12.1 Å². The Labute approximate surface area is 89.6 Å². The molecular weight excluding hydrogens is 186 g/mol. The Hall–Kier alpha value is -1.41. The van der Waals surface area contributed by atoms with Crippen molar-refractivity contribution in [1.82, 2.24) is 4.98 Å². The zero-order chi connectivity index (χ0) is 11.1. The highest BCUT2D eigenvalue weighted by Crippen LogP contribution is 2.25. The summed E-state index contributed by atoms with van der Waals surface area (Å²) in [5.74, 6) is 0. The number of hydrogen-bond donors (Lipinski definition) is 1. The largest absolute Gasteiger partial charge is 0.386 e. The van der Waals surface area contributed by atoms with E-state index in [-0.39, 0.29) is 0 Å². The molecule has 0 radical (unpaired) electrons. The third kappa shape index (κ3) is 1.85. The molecule has 1 aromatic carbocycles. The minimum absolute atomic E-state index is 0.794. The van der Waals surface area contributed by atoms with Crippen molar-refractivity contribution in [2.24, 2.45) is 0 Å². The van der Waals surface area contributed by atoms with Gasteiger partial charge in [-0.25, -0.2) is 0 Å². The van der Waals surface area contributed by atoms with Crippen molar-refractivity contribution in [3.63, 3.8) is 0 Å². The van der Waals surface area contributed by atoms with E-state index in [9.17, 15) is 5.11 Å². The van der Waals surface area contributed by atoms with Crippen molar-refractivity contribution in [3.8, 4) is 0 Å². The van der Waals surface area contributed by atoms with E-state index >= 15 is 0 Å². The SMILES string of the molecule is Cc1cncc2cc(C(C)(C)O)ccc12. The van der Waals surface area contributed by atoms with E-state index in [1.807, 2.05) is 37.5 Å². The van der Waals surface area contributed by atoms with Crippen molar-refractivity contribution < 1.29 is 5.11 Å². The highest BCUT2D eigenvalue weighted by atomic mass is 16.3. The first-order valence-corrected chi connectivity index (χ1v) is 5.06. The molecule has 0 amide bonds. The van der Waals surface area contributed by atoms with Crippen LogP contribution in [-0.2, 0) is 5.60 Å². The molecule has 1 heterocycles. The van der Waals surface area contributed by atoms with Crippen LogP contribution in [0, 0.1) is 6.92 Å². The first kappa shape index (κ1) is 10.1. The molecule has 2 rings (SSSR count). The maximum Gasteiger partial charge on any atom is 0.0840 e. The second-order valence-corrected chi connectivity index (χ2v) is 4.45. The van der Waals surface area contributed by atoms with E-state index in [1.54, 1.807) is 13.8 Å². The van der Waals surface area contributed by atoms with Crippen molar-refractivity contribution in [2.75, 3.05) is 0 Å². The van der Waals surface area contributed by atoms with E-state index < -0.39 is 5.60 Å². The summed E-state index contributed by atoms with van der Waals surface area (Å²) in [5.41, 5.74) is 1.29. The molecule has 2 nitrogen and oxygen atoms in total. The van der Waals surface area contributed by atoms with Gasteiger partial charge >= 0.3 is 0 Å². The lowest BCUT2D eigenvalue weighted by Gasteiger charge is -2.18. The molecule has 1 aromatic heterocycles. The molecule has 1 N–H and O–H groups in total. The molecule has 78 valence electrons. The predicted molar refractivity (Wildman–Crippen MR) is 61.7 cm³/mol. The second-order valence-electron chi connectivity index (χ2n) is 4.45. The standard InChI is InChI=1S/C13H15NO/c1-9-7-14-8-10-6-11(13(2,3)15)4-5-12(9)10/h4-8,15H,1-3H3. The lowest BCUT2D eigenvalue weighted by atomic mass is 9.95. The first-order valence-electron chi connectivity index (χ1n) is 5.06. The quantitative estimate of drug-likeness (QED) is 0.769. The molecule has 15 heavy (non-hydrogen) atoms. The van der Waals surface area contributed by atoms with Crippen LogP contribution < -0.4 is 0 Å². The van der Waals surface area contributed by atoms with E-state index in [2.05, 4.69) is 4.98 Å². The minimum atomic E-state index is -0.794. The molecule has 0 bridgehead atoms. The summed E-state index contributed by atoms with van der Waals surface area (Å²) in [6, 6.07) is 6.00. The van der Waals surface area contributed by atoms with Gasteiger partial charge in [0.1, 0.15) is 0 Å². The maximum absolute atomic E-state index is 9.90. The summed E-state index contributed by atoms with van der Waals surface area (Å²) in [7, 11) is 0. The van der Waals surface area contributed by atoms with Crippen LogP contribution in [0.15, 0.2) is 30.6 Å². The van der Waals surface area contributed by atoms with Gasteiger partial charge in [0.05, 0.1) is 5.60 Å². The number of fused-ring (bicyclic) bond motifs is 1. The van der Waals surface area contributed by atoms with E-state index in [4.69, 9.17) is 0 Å². The van der Waals surface area contributed by atoms with Crippen LogP contribution in [0.1, 0.15) is 25.0 Å². The topological polar surface area (TPSA) is 33.1 Å². The number of nitrogens with zero attached hydrogens (tertiary/aromatic N) is 1. The summed E-state index contributed by atoms with van der Waals surface area (Å²) in [6.45, 7) is 5.62. The van der Waals surface area contributed by atoms with Crippen molar-refractivity contribution in [1.29, 1.82) is 0 Å². The molecule has 0 aliphatic heterocycles. The molecule has 0 saturated heterocycles. The van der Waals surface area contributed by atoms with Crippen LogP contribution in [-0.4, -0.2) is 10.1 Å². The second kappa shape index (κ2) is 3.31. The Balaban J connectivity index is 2.68. The molecule has 0 saturated carbocycles. The van der Waals surface area contributed by atoms with Crippen LogP contribution in [0.25, 0.3) is 10.8 Å². The third-order valence-electron chi connectivity index (χ3n) is 2.66. The molecule has 0 fully saturated rings. The molecular formula is C13H15NO. The average Bonchev–Trinajstić information content (AvgIpc) is 2.16. The summed E-state index contributed by atoms with van der Waals surface area (Å²) in [5, 5.41) is 12.2. The summed E-state index contributed by atoms with van der Waals surface area (Å²) in [6.07, 6.45) is 3.68. The highest BCUT2D eigenvalue weighted by Gasteiger charge is 2.15. The van der Waals surface area contributed by atoms with Gasteiger partial charge < -0.3 is 5.11 Å². The van der Waals surface area contributed by atoms with Gasteiger partial charge in [-0.15, -0.1) is 0 Å². The number of benzene rings is 1. The fourth-order valence-electron chi connectivity index (χ4n) is 1.71. The van der Waals surface area contributed by atoms with E-state index in [0.717, 1.165) is 16.5 Å². The molecule has 0 aliphatic carbocycles. The third-order valence-corrected chi connectivity index (χ3v) is 2.66. The van der Waals surface area contributed by atoms with Crippen molar-refractivity contribution >= 4 is 10.8 Å². The molecule has 0 atom stereocenters. The zero-order valence-electron chi connectivity index (χ0n) is 9.28. The Morgan fingerprint density at radius 2 is 1.93 bits per heavy atom. The fraction of sp³-hybridized carbons (Fsp3) is 0.308. The lowest BCUT2D eigenvalue weighted by Crippen LogP contribution is -2.15. The van der Waals surface area contributed by atoms with Crippen LogP contribution in [0.4, 0.5) is 0 Å². The normalized spacial score (nSPS) is 12.0. The van der Waals surface area contributed by atoms with Crippen molar-refractivity contribution in [2.45, 2.75) is 26.4 Å². The van der Waals surface area contributed by atoms with Crippen molar-refractivity contribution in [3.05, 3.63) is 41.7 Å². The number of pyridine rings is 1. The summed E-state index contributed by atoms with van der Waals surface area (Å²) >= 11 is 0. The van der Waals surface area contributed by atoms with Gasteiger partial charge in [0.2, 0.25) is 0 Å². The number of hydrogen-bond acceptors (Lipinski definition) is 2. The van der Waals surface area contributed by atoms with Crippen LogP contribution in [0.3, 0.4) is 0 Å². The predicted octanol–water partition coefficient (Wildman–Crippen LogP) is 2.77. The first-order chi connectivity index (χ1) is 6.98. The minimum Gasteiger partial charge on any atom is -0.386 e. The molecule has 0 unspecified atom stereocenters. The van der Waals surface area contributed by atoms with E-state index in [0.29, 0.717) is 0 Å². The maximum atomic E-state index is 9.90. The highest BCUT2D eigenvalue weighted by molar-refractivity contribution is 5.85. The van der Waals surface area contributed by atoms with Crippen LogP contribution >= 0.6 is 0 Å². The van der Waals surface area contributed by atoms with Gasteiger partial charge in [0, 0.05) is 17.8 Å². The lowest BCUT2D eigenvalue weighted by molar-refractivity contribution is 0.0787. The van der Waals surface area contributed by atoms with Gasteiger partial charge in [-0.05, 0) is 43.4 Å². The monoisotopic (exact) mass is 201 g/mol. The Morgan fingerprint density at radius 1 is 1.20 bits per heavy atom. The summed E-state index contributed by atoms with van der Waals surface area (Å²) in [4.78, 5) is 4.15. The summed E-state index contributed by atoms with van der Waals surface area (Å²) < 4.78 is 0. The molecule has 0 spiro atoms. The van der Waals surface area contributed by atoms with Gasteiger partial charge in [0.15, 0.2) is 0 Å². The van der Waals surface area contributed by atoms with E-state index in [1.165, 1.54) is 5.39 Å². The molecule has 2 heteroatoms. The zero-order valence-corrected chi connectivity index (χ0v) is 9.28. The van der Waals surface area contributed by atoms with Gasteiger partial charge in [0.25, 0.3) is 0 Å². The van der Waals surface area contributed by atoms with Gasteiger partial charge in [-0.2, -0.15) is 0 Å². The van der Waals surface area contributed by atoms with Crippen LogP contribution in [0.5, 0.6) is 0 Å². The van der Waals surface area contributed by atoms with Crippen LogP contribution in [0.2, 0.25) is 0 Å². The average molecular weight is 201 g/mol. The number of rotatable bonds is 1. The number of aromatic nitrogens is 1. The Bertz CT molecular complexity index is 497. The molecule has 2 aromatic rings. The molecule has 0 aliphatic rings. The smallest absolute Gasteiger partial charge is 0.0840 e. The Morgan fingerprint density at radius 3 is 2.60 bits per heavy atom. The number of aryl methyl sites for hydroxylation is 1. The number of aliphatic hydroxyl groups is 1. The van der Waals surface area contributed by atoms with Gasteiger partial charge in [-0.3, -0.25) is 4.98 Å². The Kier molecular flexibility index (Phi) is 2.24. The fourth-order valence-corrected chi connectivity index (χ4v) is 1.71.